The van der Waals surface area contributed by atoms with Crippen LogP contribution >= 0.6 is 0 Å². The Labute approximate surface area is 181 Å². The first kappa shape index (κ1) is 23.0. The van der Waals surface area contributed by atoms with Crippen LogP contribution in [0, 0.1) is 0 Å². The van der Waals surface area contributed by atoms with E-state index >= 15 is 0 Å². The Morgan fingerprint density at radius 2 is 1.90 bits per heavy atom. The summed E-state index contributed by atoms with van der Waals surface area (Å²) in [6.07, 6.45) is 0.986. The smallest absolute Gasteiger partial charge is 0.407 e. The average Bonchev–Trinajstić information content (AvgIpc) is 3.06. The van der Waals surface area contributed by atoms with Crippen LogP contribution in [0.15, 0.2) is 18.3 Å². The summed E-state index contributed by atoms with van der Waals surface area (Å²) in [6.45, 7) is 9.36. The SMILES string of the molecule is CC(C)Nc1nc(C(F)F)cc2cnc(N[C@H]3CC[C@@H](NC(=O)OC(C)(C)C)C3)cc12. The predicted molar refractivity (Wildman–Crippen MR) is 118 cm³/mol. The van der Waals surface area contributed by atoms with E-state index in [0.29, 0.717) is 17.0 Å². The molecule has 1 saturated carbocycles. The van der Waals surface area contributed by atoms with Crippen molar-refractivity contribution in [1.82, 2.24) is 15.3 Å². The van der Waals surface area contributed by atoms with Crippen molar-refractivity contribution < 1.29 is 18.3 Å². The van der Waals surface area contributed by atoms with E-state index < -0.39 is 18.1 Å². The lowest BCUT2D eigenvalue weighted by Gasteiger charge is -2.22. The fourth-order valence-electron chi connectivity index (χ4n) is 3.67. The number of carbonyl (C=O) groups excluding carboxylic acids is 1. The molecule has 2 heterocycles. The van der Waals surface area contributed by atoms with Gasteiger partial charge in [0.1, 0.15) is 22.9 Å². The molecule has 0 radical (unpaired) electrons. The highest BCUT2D eigenvalue weighted by atomic mass is 19.3. The standard InChI is InChI=1S/C22H31F2N5O2/c1-12(2)26-20-16-10-18(25-11-13(16)8-17(29-20)19(23)24)27-14-6-7-15(9-14)28-21(30)31-22(3,4)5/h8,10-12,14-15,19H,6-7,9H2,1-5H3,(H,25,27)(H,26,29)(H,28,30)/t14-,15+/m0/s1. The van der Waals surface area contributed by atoms with E-state index in [0.717, 1.165) is 24.6 Å². The molecule has 170 valence electrons. The van der Waals surface area contributed by atoms with Gasteiger partial charge in [-0.1, -0.05) is 0 Å². The lowest BCUT2D eigenvalue weighted by atomic mass is 10.1. The van der Waals surface area contributed by atoms with Crippen molar-refractivity contribution in [3.05, 3.63) is 24.0 Å². The van der Waals surface area contributed by atoms with Gasteiger partial charge in [0.25, 0.3) is 6.43 Å². The summed E-state index contributed by atoms with van der Waals surface area (Å²) in [6, 6.07) is 3.42. The minimum absolute atomic E-state index is 0.0289. The van der Waals surface area contributed by atoms with Crippen LogP contribution in [0.2, 0.25) is 0 Å². The highest BCUT2D eigenvalue weighted by Gasteiger charge is 2.28. The van der Waals surface area contributed by atoms with Gasteiger partial charge in [-0.3, -0.25) is 0 Å². The molecule has 0 unspecified atom stereocenters. The number of ether oxygens (including phenoxy) is 1. The minimum Gasteiger partial charge on any atom is -0.444 e. The maximum absolute atomic E-state index is 13.2. The molecule has 31 heavy (non-hydrogen) atoms. The Hall–Kier alpha value is -2.71. The molecule has 1 aliphatic rings. The van der Waals surface area contributed by atoms with Gasteiger partial charge in [0, 0.05) is 35.1 Å². The number of alkyl carbamates (subject to hydrolysis) is 1. The lowest BCUT2D eigenvalue weighted by molar-refractivity contribution is 0.0505. The molecule has 3 rings (SSSR count). The maximum Gasteiger partial charge on any atom is 0.407 e. The second kappa shape index (κ2) is 9.20. The molecule has 0 aliphatic heterocycles. The topological polar surface area (TPSA) is 88.2 Å². The van der Waals surface area contributed by atoms with Crippen molar-refractivity contribution in [2.45, 2.75) is 84.0 Å². The number of alkyl halides is 2. The number of halogens is 2. The van der Waals surface area contributed by atoms with Crippen LogP contribution in [-0.2, 0) is 4.74 Å². The van der Waals surface area contributed by atoms with E-state index in [-0.39, 0.29) is 23.8 Å². The molecule has 1 fully saturated rings. The van der Waals surface area contributed by atoms with Crippen LogP contribution in [0.4, 0.5) is 25.2 Å². The van der Waals surface area contributed by atoms with Gasteiger partial charge in [0.05, 0.1) is 0 Å². The second-order valence-electron chi connectivity index (χ2n) is 9.28. The van der Waals surface area contributed by atoms with Gasteiger partial charge >= 0.3 is 6.09 Å². The van der Waals surface area contributed by atoms with E-state index in [2.05, 4.69) is 25.9 Å². The number of fused-ring (bicyclic) bond motifs is 1. The third-order valence-corrected chi connectivity index (χ3v) is 4.89. The molecular weight excluding hydrogens is 404 g/mol. The first-order valence-corrected chi connectivity index (χ1v) is 10.6. The summed E-state index contributed by atoms with van der Waals surface area (Å²) in [5.41, 5.74) is -0.806. The van der Waals surface area contributed by atoms with Crippen molar-refractivity contribution in [2.75, 3.05) is 10.6 Å². The van der Waals surface area contributed by atoms with Crippen molar-refractivity contribution in [2.24, 2.45) is 0 Å². The van der Waals surface area contributed by atoms with Gasteiger partial charge in [-0.05, 0) is 66.0 Å². The van der Waals surface area contributed by atoms with Gasteiger partial charge in [-0.15, -0.1) is 0 Å². The molecule has 0 spiro atoms. The van der Waals surface area contributed by atoms with Crippen LogP contribution in [0.5, 0.6) is 0 Å². The highest BCUT2D eigenvalue weighted by Crippen LogP contribution is 2.30. The summed E-state index contributed by atoms with van der Waals surface area (Å²) in [5.74, 6) is 1.07. The molecule has 2 aromatic rings. The molecule has 9 heteroatoms. The number of aromatic nitrogens is 2. The van der Waals surface area contributed by atoms with Gasteiger partial charge < -0.3 is 20.7 Å². The summed E-state index contributed by atoms with van der Waals surface area (Å²) in [7, 11) is 0. The Balaban J connectivity index is 1.71. The lowest BCUT2D eigenvalue weighted by Crippen LogP contribution is -2.38. The molecule has 7 nitrogen and oxygen atoms in total. The van der Waals surface area contributed by atoms with Crippen LogP contribution in [0.1, 0.15) is 66.0 Å². The Morgan fingerprint density at radius 1 is 1.19 bits per heavy atom. The summed E-state index contributed by atoms with van der Waals surface area (Å²) in [4.78, 5) is 20.5. The van der Waals surface area contributed by atoms with E-state index in [4.69, 9.17) is 4.74 Å². The van der Waals surface area contributed by atoms with Gasteiger partial charge in [0.2, 0.25) is 0 Å². The molecule has 3 N–H and O–H groups in total. The fourth-order valence-corrected chi connectivity index (χ4v) is 3.67. The van der Waals surface area contributed by atoms with E-state index in [1.54, 1.807) is 6.20 Å². The monoisotopic (exact) mass is 435 g/mol. The number of hydrogen-bond donors (Lipinski definition) is 3. The normalized spacial score (nSPS) is 19.1. The number of rotatable bonds is 6. The molecule has 0 bridgehead atoms. The Bertz CT molecular complexity index is 930. The zero-order valence-electron chi connectivity index (χ0n) is 18.6. The Kier molecular flexibility index (Phi) is 6.81. The molecule has 1 amide bonds. The number of anilines is 2. The van der Waals surface area contributed by atoms with Gasteiger partial charge in [0.15, 0.2) is 0 Å². The average molecular weight is 436 g/mol. The molecule has 2 aromatic heterocycles. The van der Waals surface area contributed by atoms with Gasteiger partial charge in [-0.25, -0.2) is 23.5 Å². The zero-order chi connectivity index (χ0) is 22.8. The quantitative estimate of drug-likeness (QED) is 0.575. The van der Waals surface area contributed by atoms with Crippen molar-refractivity contribution in [3.63, 3.8) is 0 Å². The number of pyridine rings is 2. The number of hydrogen-bond acceptors (Lipinski definition) is 6. The third kappa shape index (κ3) is 6.38. The molecule has 1 aliphatic carbocycles. The van der Waals surface area contributed by atoms with Crippen molar-refractivity contribution >= 4 is 28.5 Å². The van der Waals surface area contributed by atoms with Crippen LogP contribution < -0.4 is 16.0 Å². The molecule has 2 atom stereocenters. The van der Waals surface area contributed by atoms with Crippen LogP contribution in [0.25, 0.3) is 10.8 Å². The van der Waals surface area contributed by atoms with Gasteiger partial charge in [-0.2, -0.15) is 0 Å². The first-order chi connectivity index (χ1) is 14.5. The number of carbonyl (C=O) groups is 1. The first-order valence-electron chi connectivity index (χ1n) is 10.6. The molecule has 0 saturated heterocycles. The fraction of sp³-hybridized carbons (Fsp3) is 0.591. The van der Waals surface area contributed by atoms with Crippen molar-refractivity contribution in [3.8, 4) is 0 Å². The number of amides is 1. The largest absolute Gasteiger partial charge is 0.444 e. The number of nitrogens with zero attached hydrogens (tertiary/aromatic N) is 2. The predicted octanol–water partition coefficient (Wildman–Crippen LogP) is 5.25. The third-order valence-electron chi connectivity index (χ3n) is 4.89. The maximum atomic E-state index is 13.2. The summed E-state index contributed by atoms with van der Waals surface area (Å²) < 4.78 is 31.8. The van der Waals surface area contributed by atoms with Crippen LogP contribution in [0.3, 0.4) is 0 Å². The van der Waals surface area contributed by atoms with Crippen molar-refractivity contribution in [1.29, 1.82) is 0 Å². The Morgan fingerprint density at radius 3 is 2.55 bits per heavy atom. The van der Waals surface area contributed by atoms with E-state index in [1.165, 1.54) is 6.07 Å². The highest BCUT2D eigenvalue weighted by molar-refractivity contribution is 5.93. The second-order valence-corrected chi connectivity index (χ2v) is 9.28. The summed E-state index contributed by atoms with van der Waals surface area (Å²) in [5, 5.41) is 10.8. The zero-order valence-corrected chi connectivity index (χ0v) is 18.6. The van der Waals surface area contributed by atoms with Crippen LogP contribution in [-0.4, -0.2) is 39.8 Å². The minimum atomic E-state index is -2.65. The molecule has 0 aromatic carbocycles. The molecular formula is C22H31F2N5O2. The van der Waals surface area contributed by atoms with E-state index in [1.807, 2.05) is 40.7 Å². The van der Waals surface area contributed by atoms with E-state index in [9.17, 15) is 13.6 Å². The summed E-state index contributed by atoms with van der Waals surface area (Å²) >= 11 is 0. The number of nitrogens with one attached hydrogen (secondary N) is 3.